The molecule has 0 saturated carbocycles. The van der Waals surface area contributed by atoms with E-state index < -0.39 is 0 Å². The molecular weight excluding hydrogens is 444 g/mol. The van der Waals surface area contributed by atoms with Gasteiger partial charge in [-0.3, -0.25) is 19.0 Å². The maximum absolute atomic E-state index is 13.4. The number of benzene rings is 1. The number of anilines is 2. The number of rotatable bonds is 3. The summed E-state index contributed by atoms with van der Waals surface area (Å²) in [6.45, 7) is 3.70. The van der Waals surface area contributed by atoms with Gasteiger partial charge in [-0.1, -0.05) is 12.1 Å². The van der Waals surface area contributed by atoms with Gasteiger partial charge in [0.2, 0.25) is 11.8 Å². The lowest BCUT2D eigenvalue weighted by Crippen LogP contribution is -2.42. The maximum atomic E-state index is 13.4. The molecule has 0 radical (unpaired) electrons. The average Bonchev–Trinajstić information content (AvgIpc) is 3.34. The normalized spacial score (nSPS) is 16.0. The highest BCUT2D eigenvalue weighted by Crippen LogP contribution is 2.35. The fourth-order valence-electron chi connectivity index (χ4n) is 4.03. The van der Waals surface area contributed by atoms with Crippen LogP contribution in [0.15, 0.2) is 52.9 Å². The third kappa shape index (κ3) is 3.53. The van der Waals surface area contributed by atoms with Gasteiger partial charge in [0.05, 0.1) is 23.1 Å². The number of amides is 2. The number of aryl methyl sites for hydroxylation is 1. The van der Waals surface area contributed by atoms with Crippen molar-refractivity contribution in [2.75, 3.05) is 10.2 Å². The second kappa shape index (κ2) is 7.99. The van der Waals surface area contributed by atoms with E-state index in [4.69, 9.17) is 0 Å². The smallest absolute Gasteiger partial charge is 0.263 e. The first kappa shape index (κ1) is 20.6. The molecule has 1 atom stereocenters. The van der Waals surface area contributed by atoms with Gasteiger partial charge < -0.3 is 10.2 Å². The van der Waals surface area contributed by atoms with Gasteiger partial charge in [0.25, 0.3) is 5.56 Å². The lowest BCUT2D eigenvalue weighted by Gasteiger charge is -2.28. The zero-order chi connectivity index (χ0) is 22.4. The number of hydrogen-bond donors (Lipinski definition) is 1. The van der Waals surface area contributed by atoms with E-state index in [0.29, 0.717) is 21.6 Å². The van der Waals surface area contributed by atoms with E-state index in [9.17, 15) is 14.4 Å². The van der Waals surface area contributed by atoms with Crippen molar-refractivity contribution in [1.82, 2.24) is 9.55 Å². The molecule has 0 spiro atoms. The first-order valence-electron chi connectivity index (χ1n) is 10.2. The Labute approximate surface area is 192 Å². The molecule has 4 heterocycles. The molecule has 4 aromatic rings. The van der Waals surface area contributed by atoms with Crippen LogP contribution in [0.5, 0.6) is 0 Å². The Morgan fingerprint density at radius 1 is 1.22 bits per heavy atom. The number of carbonyl (C=O) groups excluding carboxylic acids is 2. The summed E-state index contributed by atoms with van der Waals surface area (Å²) < 4.78 is 1.36. The molecule has 9 heteroatoms. The Morgan fingerprint density at radius 3 is 2.81 bits per heavy atom. The molecule has 1 aliphatic rings. The summed E-state index contributed by atoms with van der Waals surface area (Å²) in [7, 11) is 0. The van der Waals surface area contributed by atoms with Crippen LogP contribution in [0.1, 0.15) is 18.2 Å². The minimum Gasteiger partial charge on any atom is -0.324 e. The topological polar surface area (TPSA) is 84.3 Å². The van der Waals surface area contributed by atoms with E-state index in [1.54, 1.807) is 28.4 Å². The average molecular weight is 465 g/mol. The molecule has 0 bridgehead atoms. The van der Waals surface area contributed by atoms with Crippen molar-refractivity contribution in [2.45, 2.75) is 32.9 Å². The minimum absolute atomic E-state index is 0.144. The van der Waals surface area contributed by atoms with E-state index in [2.05, 4.69) is 10.3 Å². The number of hydrogen-bond acceptors (Lipinski definition) is 6. The zero-order valence-electron chi connectivity index (χ0n) is 17.5. The highest BCUT2D eigenvalue weighted by Gasteiger charge is 2.30. The molecule has 0 fully saturated rings. The number of aromatic nitrogens is 2. The van der Waals surface area contributed by atoms with Crippen molar-refractivity contribution in [3.05, 3.63) is 63.3 Å². The Hall–Kier alpha value is -3.30. The molecule has 5 rings (SSSR count). The van der Waals surface area contributed by atoms with Gasteiger partial charge in [-0.15, -0.1) is 22.7 Å². The highest BCUT2D eigenvalue weighted by molar-refractivity contribution is 7.19. The Morgan fingerprint density at radius 2 is 2.03 bits per heavy atom. The SMILES string of the molecule is Cc1ccc(-c2csc3ncn(CC(=O)N4c5ccccc5NC(=O)CC4C)c(=O)c23)s1. The van der Waals surface area contributed by atoms with Crippen LogP contribution in [0, 0.1) is 6.92 Å². The Kier molecular flexibility index (Phi) is 5.15. The van der Waals surface area contributed by atoms with Crippen LogP contribution in [0.3, 0.4) is 0 Å². The fourth-order valence-corrected chi connectivity index (χ4v) is 5.89. The third-order valence-corrected chi connectivity index (χ3v) is 7.42. The number of nitrogens with one attached hydrogen (secondary N) is 1. The molecule has 0 aliphatic carbocycles. The van der Waals surface area contributed by atoms with Crippen LogP contribution in [0.2, 0.25) is 0 Å². The van der Waals surface area contributed by atoms with Crippen molar-refractivity contribution in [3.63, 3.8) is 0 Å². The molecule has 2 amide bonds. The molecule has 7 nitrogen and oxygen atoms in total. The molecule has 162 valence electrons. The molecule has 1 unspecified atom stereocenters. The monoisotopic (exact) mass is 464 g/mol. The van der Waals surface area contributed by atoms with Gasteiger partial charge >= 0.3 is 0 Å². The highest BCUT2D eigenvalue weighted by atomic mass is 32.1. The van der Waals surface area contributed by atoms with E-state index >= 15 is 0 Å². The molecule has 1 N–H and O–H groups in total. The molecule has 3 aromatic heterocycles. The predicted octanol–water partition coefficient (Wildman–Crippen LogP) is 4.26. The van der Waals surface area contributed by atoms with Gasteiger partial charge in [0.1, 0.15) is 11.4 Å². The van der Waals surface area contributed by atoms with Crippen LogP contribution < -0.4 is 15.8 Å². The fraction of sp³-hybridized carbons (Fsp3) is 0.217. The zero-order valence-corrected chi connectivity index (χ0v) is 19.1. The van der Waals surface area contributed by atoms with Crippen LogP contribution >= 0.6 is 22.7 Å². The lowest BCUT2D eigenvalue weighted by molar-refractivity contribution is -0.120. The number of nitrogens with zero attached hydrogens (tertiary/aromatic N) is 3. The summed E-state index contributed by atoms with van der Waals surface area (Å²) in [4.78, 5) is 47.8. The number of thiophene rings is 2. The van der Waals surface area contributed by atoms with Gasteiger partial charge in [-0.25, -0.2) is 4.98 Å². The number of para-hydroxylation sites is 2. The quantitative estimate of drug-likeness (QED) is 0.491. The largest absolute Gasteiger partial charge is 0.324 e. The molecule has 0 saturated heterocycles. The summed E-state index contributed by atoms with van der Waals surface area (Å²) in [6.07, 6.45) is 1.61. The maximum Gasteiger partial charge on any atom is 0.263 e. The third-order valence-electron chi connectivity index (χ3n) is 5.50. The first-order chi connectivity index (χ1) is 15.4. The van der Waals surface area contributed by atoms with Crippen molar-refractivity contribution >= 4 is 56.1 Å². The van der Waals surface area contributed by atoms with Crippen molar-refractivity contribution < 1.29 is 9.59 Å². The predicted molar refractivity (Wildman–Crippen MR) is 129 cm³/mol. The summed E-state index contributed by atoms with van der Waals surface area (Å²) in [5, 5.41) is 5.33. The van der Waals surface area contributed by atoms with E-state index in [-0.39, 0.29) is 36.4 Å². The van der Waals surface area contributed by atoms with E-state index in [1.165, 1.54) is 22.2 Å². The molecule has 1 aromatic carbocycles. The summed E-state index contributed by atoms with van der Waals surface area (Å²) >= 11 is 3.05. The van der Waals surface area contributed by atoms with Crippen molar-refractivity contribution in [2.24, 2.45) is 0 Å². The molecule has 1 aliphatic heterocycles. The second-order valence-electron chi connectivity index (χ2n) is 7.80. The standard InChI is InChI=1S/C23H20N4O3S2/c1-13-9-19(28)25-16-5-3-4-6-17(16)27(13)20(29)10-26-12-24-22-21(23(26)30)15(11-31-22)18-8-7-14(2)32-18/h3-8,11-13H,9-10H2,1-2H3,(H,25,28). The summed E-state index contributed by atoms with van der Waals surface area (Å²) in [6, 6.07) is 10.9. The van der Waals surface area contributed by atoms with E-state index in [0.717, 1.165) is 15.3 Å². The van der Waals surface area contributed by atoms with Gasteiger partial charge in [-0.2, -0.15) is 0 Å². The lowest BCUT2D eigenvalue weighted by atomic mass is 10.1. The van der Waals surface area contributed by atoms with Crippen LogP contribution in [-0.4, -0.2) is 27.4 Å². The van der Waals surface area contributed by atoms with Gasteiger partial charge in [0.15, 0.2) is 0 Å². The number of fused-ring (bicyclic) bond motifs is 2. The second-order valence-corrected chi connectivity index (χ2v) is 9.95. The van der Waals surface area contributed by atoms with E-state index in [1.807, 2.05) is 43.5 Å². The van der Waals surface area contributed by atoms with Crippen molar-refractivity contribution in [1.29, 1.82) is 0 Å². The molecular formula is C23H20N4O3S2. The van der Waals surface area contributed by atoms with Crippen LogP contribution in [0.25, 0.3) is 20.7 Å². The Bertz CT molecular complexity index is 1420. The first-order valence-corrected chi connectivity index (χ1v) is 11.9. The summed E-state index contributed by atoms with van der Waals surface area (Å²) in [5.74, 6) is -0.414. The minimum atomic E-state index is -0.343. The Balaban J connectivity index is 1.53. The van der Waals surface area contributed by atoms with Gasteiger partial charge in [-0.05, 0) is 38.1 Å². The van der Waals surface area contributed by atoms with Crippen molar-refractivity contribution in [3.8, 4) is 10.4 Å². The summed E-state index contributed by atoms with van der Waals surface area (Å²) in [5.41, 5.74) is 1.83. The molecule has 32 heavy (non-hydrogen) atoms. The van der Waals surface area contributed by atoms with Gasteiger partial charge in [0, 0.05) is 33.2 Å². The number of carbonyl (C=O) groups is 2. The van der Waals surface area contributed by atoms with Crippen LogP contribution in [-0.2, 0) is 16.1 Å². The van der Waals surface area contributed by atoms with Crippen LogP contribution in [0.4, 0.5) is 11.4 Å².